The van der Waals surface area contributed by atoms with Crippen molar-refractivity contribution in [1.29, 1.82) is 0 Å². The van der Waals surface area contributed by atoms with Gasteiger partial charge < -0.3 is 20.5 Å². The fraction of sp³-hybridized carbons (Fsp3) is 0.562. The number of rotatable bonds is 6. The minimum Gasteiger partial charge on any atom is -0.493 e. The molecule has 0 aliphatic rings. The van der Waals surface area contributed by atoms with Crippen molar-refractivity contribution in [2.24, 2.45) is 5.73 Å². The van der Waals surface area contributed by atoms with Crippen LogP contribution in [0.5, 0.6) is 11.5 Å². The summed E-state index contributed by atoms with van der Waals surface area (Å²) >= 11 is 0. The summed E-state index contributed by atoms with van der Waals surface area (Å²) in [5.41, 5.74) is 5.62. The Balaban J connectivity index is 2.98. The van der Waals surface area contributed by atoms with E-state index in [1.807, 2.05) is 39.8 Å². The first kappa shape index (κ1) is 17.3. The van der Waals surface area contributed by atoms with Gasteiger partial charge >= 0.3 is 0 Å². The third-order valence-corrected chi connectivity index (χ3v) is 3.38. The van der Waals surface area contributed by atoms with E-state index in [0.717, 1.165) is 5.56 Å². The van der Waals surface area contributed by atoms with Gasteiger partial charge in [-0.15, -0.1) is 0 Å². The lowest BCUT2D eigenvalue weighted by atomic mass is 9.83. The molecule has 0 unspecified atom stereocenters. The van der Waals surface area contributed by atoms with E-state index in [1.54, 1.807) is 20.3 Å². The molecule has 1 aromatic rings. The molecule has 0 bridgehead atoms. The standard InChI is InChI=1S/C16H26N2O3/c1-15(2,17)10-18-14(19)16(3,4)11-7-8-12(20-5)13(9-11)21-6/h7-9H,10,17H2,1-6H3,(H,18,19). The normalized spacial score (nSPS) is 12.0. The summed E-state index contributed by atoms with van der Waals surface area (Å²) < 4.78 is 10.5. The summed E-state index contributed by atoms with van der Waals surface area (Å²) in [4.78, 5) is 12.4. The highest BCUT2D eigenvalue weighted by Crippen LogP contribution is 2.33. The Bertz CT molecular complexity index is 505. The summed E-state index contributed by atoms with van der Waals surface area (Å²) in [6.45, 7) is 7.90. The highest BCUT2D eigenvalue weighted by molar-refractivity contribution is 5.87. The molecule has 3 N–H and O–H groups in total. The lowest BCUT2D eigenvalue weighted by Gasteiger charge is -2.27. The second-order valence-electron chi connectivity index (χ2n) is 6.37. The summed E-state index contributed by atoms with van der Waals surface area (Å²) in [5, 5.41) is 2.89. The van der Waals surface area contributed by atoms with Crippen LogP contribution in [-0.2, 0) is 10.2 Å². The lowest BCUT2D eigenvalue weighted by molar-refractivity contribution is -0.125. The zero-order valence-electron chi connectivity index (χ0n) is 13.7. The molecular formula is C16H26N2O3. The average molecular weight is 294 g/mol. The molecule has 5 nitrogen and oxygen atoms in total. The number of ether oxygens (including phenoxy) is 2. The Labute approximate surface area is 126 Å². The second kappa shape index (κ2) is 6.35. The zero-order chi connectivity index (χ0) is 16.3. The highest BCUT2D eigenvalue weighted by atomic mass is 16.5. The largest absolute Gasteiger partial charge is 0.493 e. The maximum atomic E-state index is 12.4. The third-order valence-electron chi connectivity index (χ3n) is 3.38. The molecule has 0 aliphatic carbocycles. The molecule has 1 rings (SSSR count). The van der Waals surface area contributed by atoms with Gasteiger partial charge in [0.15, 0.2) is 11.5 Å². The van der Waals surface area contributed by atoms with Gasteiger partial charge in [-0.25, -0.2) is 0 Å². The van der Waals surface area contributed by atoms with E-state index >= 15 is 0 Å². The van der Waals surface area contributed by atoms with Crippen molar-refractivity contribution in [3.8, 4) is 11.5 Å². The van der Waals surface area contributed by atoms with Crippen molar-refractivity contribution in [2.45, 2.75) is 38.6 Å². The molecule has 0 heterocycles. The van der Waals surface area contributed by atoms with Gasteiger partial charge in [0.1, 0.15) is 0 Å². The molecule has 21 heavy (non-hydrogen) atoms. The van der Waals surface area contributed by atoms with Crippen molar-refractivity contribution in [3.63, 3.8) is 0 Å². The first-order chi connectivity index (χ1) is 9.61. The van der Waals surface area contributed by atoms with Gasteiger partial charge in [-0.1, -0.05) is 6.07 Å². The van der Waals surface area contributed by atoms with E-state index in [9.17, 15) is 4.79 Å². The van der Waals surface area contributed by atoms with Crippen LogP contribution in [0.2, 0.25) is 0 Å². The maximum absolute atomic E-state index is 12.4. The summed E-state index contributed by atoms with van der Waals surface area (Å²) in [7, 11) is 3.16. The van der Waals surface area contributed by atoms with Crippen LogP contribution in [0.3, 0.4) is 0 Å². The van der Waals surface area contributed by atoms with Crippen molar-refractivity contribution in [3.05, 3.63) is 23.8 Å². The monoisotopic (exact) mass is 294 g/mol. The SMILES string of the molecule is COc1ccc(C(C)(C)C(=O)NCC(C)(C)N)cc1OC. The number of amides is 1. The molecule has 1 aromatic carbocycles. The van der Waals surface area contributed by atoms with Crippen molar-refractivity contribution < 1.29 is 14.3 Å². The molecule has 0 fully saturated rings. The van der Waals surface area contributed by atoms with Crippen LogP contribution in [0, 0.1) is 0 Å². The average Bonchev–Trinajstić information content (AvgIpc) is 2.42. The van der Waals surface area contributed by atoms with Gasteiger partial charge in [-0.05, 0) is 45.4 Å². The first-order valence-corrected chi connectivity index (χ1v) is 6.91. The van der Waals surface area contributed by atoms with Crippen LogP contribution in [0.15, 0.2) is 18.2 Å². The van der Waals surface area contributed by atoms with Crippen molar-refractivity contribution in [2.75, 3.05) is 20.8 Å². The lowest BCUT2D eigenvalue weighted by Crippen LogP contribution is -2.49. The predicted molar refractivity (Wildman–Crippen MR) is 83.8 cm³/mol. The number of carbonyl (C=O) groups is 1. The van der Waals surface area contributed by atoms with Crippen LogP contribution in [0.25, 0.3) is 0 Å². The van der Waals surface area contributed by atoms with E-state index < -0.39 is 11.0 Å². The number of methoxy groups -OCH3 is 2. The summed E-state index contributed by atoms with van der Waals surface area (Å²) in [6, 6.07) is 5.50. The van der Waals surface area contributed by atoms with Gasteiger partial charge in [0, 0.05) is 12.1 Å². The zero-order valence-corrected chi connectivity index (χ0v) is 13.7. The Morgan fingerprint density at radius 3 is 2.19 bits per heavy atom. The number of nitrogens with two attached hydrogens (primary N) is 1. The molecule has 118 valence electrons. The smallest absolute Gasteiger partial charge is 0.230 e. The van der Waals surface area contributed by atoms with E-state index in [1.165, 1.54) is 0 Å². The summed E-state index contributed by atoms with van der Waals surface area (Å²) in [6.07, 6.45) is 0. The number of benzene rings is 1. The molecule has 0 saturated heterocycles. The topological polar surface area (TPSA) is 73.6 Å². The van der Waals surface area contributed by atoms with Gasteiger partial charge in [-0.3, -0.25) is 4.79 Å². The van der Waals surface area contributed by atoms with Crippen molar-refractivity contribution >= 4 is 5.91 Å². The van der Waals surface area contributed by atoms with Crippen molar-refractivity contribution in [1.82, 2.24) is 5.32 Å². The molecule has 0 saturated carbocycles. The van der Waals surface area contributed by atoms with Crippen LogP contribution in [-0.4, -0.2) is 32.2 Å². The minimum absolute atomic E-state index is 0.0757. The molecule has 5 heteroatoms. The molecule has 0 aromatic heterocycles. The van der Waals surface area contributed by atoms with Gasteiger partial charge in [0.25, 0.3) is 0 Å². The van der Waals surface area contributed by atoms with Crippen LogP contribution in [0.4, 0.5) is 0 Å². The number of carbonyl (C=O) groups excluding carboxylic acids is 1. The van der Waals surface area contributed by atoms with Gasteiger partial charge in [0.2, 0.25) is 5.91 Å². The van der Waals surface area contributed by atoms with Gasteiger partial charge in [-0.2, -0.15) is 0 Å². The van der Waals surface area contributed by atoms with Gasteiger partial charge in [0.05, 0.1) is 19.6 Å². The second-order valence-corrected chi connectivity index (χ2v) is 6.37. The Morgan fingerprint density at radius 1 is 1.14 bits per heavy atom. The third kappa shape index (κ3) is 4.36. The fourth-order valence-electron chi connectivity index (χ4n) is 1.89. The molecule has 0 spiro atoms. The number of hydrogen-bond acceptors (Lipinski definition) is 4. The van der Waals surface area contributed by atoms with E-state index in [4.69, 9.17) is 15.2 Å². The Kier molecular flexibility index (Phi) is 5.23. The summed E-state index contributed by atoms with van der Waals surface area (Å²) in [5.74, 6) is 1.17. The minimum atomic E-state index is -0.690. The molecule has 0 atom stereocenters. The van der Waals surface area contributed by atoms with E-state index in [-0.39, 0.29) is 5.91 Å². The molecular weight excluding hydrogens is 268 g/mol. The van der Waals surface area contributed by atoms with Crippen LogP contribution < -0.4 is 20.5 Å². The predicted octanol–water partition coefficient (Wildman–Crippen LogP) is 1.83. The Morgan fingerprint density at radius 2 is 1.71 bits per heavy atom. The van der Waals surface area contributed by atoms with Crippen LogP contribution in [0.1, 0.15) is 33.3 Å². The Hall–Kier alpha value is -1.75. The van der Waals surface area contributed by atoms with Crippen LogP contribution >= 0.6 is 0 Å². The number of hydrogen-bond donors (Lipinski definition) is 2. The van der Waals surface area contributed by atoms with E-state index in [2.05, 4.69) is 5.32 Å². The first-order valence-electron chi connectivity index (χ1n) is 6.91. The van der Waals surface area contributed by atoms with E-state index in [0.29, 0.717) is 18.0 Å². The number of nitrogens with one attached hydrogen (secondary N) is 1. The molecule has 0 radical (unpaired) electrons. The molecule has 0 aliphatic heterocycles. The highest BCUT2D eigenvalue weighted by Gasteiger charge is 2.31. The quantitative estimate of drug-likeness (QED) is 0.839. The fourth-order valence-corrected chi connectivity index (χ4v) is 1.89. The maximum Gasteiger partial charge on any atom is 0.230 e. The molecule has 1 amide bonds.